The third-order valence-electron chi connectivity index (χ3n) is 3.20. The van der Waals surface area contributed by atoms with Gasteiger partial charge in [-0.2, -0.15) is 0 Å². The average molecular weight is 321 g/mol. The number of hydrogen-bond acceptors (Lipinski definition) is 2. The SMILES string of the molecule is Fc1ccc(NCc2ccc(Cl)c3cccnc23)c(Cl)c1. The third kappa shape index (κ3) is 2.94. The van der Waals surface area contributed by atoms with E-state index in [1.807, 2.05) is 24.3 Å². The van der Waals surface area contributed by atoms with Crippen molar-refractivity contribution in [3.63, 3.8) is 0 Å². The molecule has 1 N–H and O–H groups in total. The number of pyridine rings is 1. The normalized spacial score (nSPS) is 10.8. The first-order valence-corrected chi connectivity index (χ1v) is 7.12. The van der Waals surface area contributed by atoms with Crippen molar-refractivity contribution < 1.29 is 4.39 Å². The molecule has 0 unspecified atom stereocenters. The summed E-state index contributed by atoms with van der Waals surface area (Å²) in [4.78, 5) is 4.37. The summed E-state index contributed by atoms with van der Waals surface area (Å²) in [5.74, 6) is -0.357. The Morgan fingerprint density at radius 2 is 1.90 bits per heavy atom. The lowest BCUT2D eigenvalue weighted by Gasteiger charge is -2.11. The third-order valence-corrected chi connectivity index (χ3v) is 3.84. The molecule has 1 aromatic heterocycles. The van der Waals surface area contributed by atoms with Crippen molar-refractivity contribution in [2.75, 3.05) is 5.32 Å². The highest BCUT2D eigenvalue weighted by atomic mass is 35.5. The molecule has 3 aromatic rings. The molecule has 0 saturated heterocycles. The highest BCUT2D eigenvalue weighted by Gasteiger charge is 2.07. The molecule has 0 saturated carbocycles. The summed E-state index contributed by atoms with van der Waals surface area (Å²) in [5, 5.41) is 5.11. The lowest BCUT2D eigenvalue weighted by atomic mass is 10.1. The summed E-state index contributed by atoms with van der Waals surface area (Å²) < 4.78 is 13.0. The van der Waals surface area contributed by atoms with Gasteiger partial charge in [0, 0.05) is 23.2 Å². The van der Waals surface area contributed by atoms with E-state index < -0.39 is 0 Å². The molecule has 5 heteroatoms. The van der Waals surface area contributed by atoms with Gasteiger partial charge in [-0.3, -0.25) is 4.98 Å². The van der Waals surface area contributed by atoms with E-state index in [1.165, 1.54) is 12.1 Å². The minimum atomic E-state index is -0.357. The van der Waals surface area contributed by atoms with E-state index in [2.05, 4.69) is 10.3 Å². The molecule has 0 bridgehead atoms. The van der Waals surface area contributed by atoms with E-state index in [0.717, 1.165) is 16.5 Å². The Kier molecular flexibility index (Phi) is 3.95. The van der Waals surface area contributed by atoms with Gasteiger partial charge < -0.3 is 5.32 Å². The minimum absolute atomic E-state index is 0.348. The fraction of sp³-hybridized carbons (Fsp3) is 0.0625. The smallest absolute Gasteiger partial charge is 0.124 e. The fourth-order valence-corrected chi connectivity index (χ4v) is 2.61. The summed E-state index contributed by atoms with van der Waals surface area (Å²) in [6.45, 7) is 0.524. The second kappa shape index (κ2) is 5.88. The van der Waals surface area contributed by atoms with Gasteiger partial charge in [0.05, 0.1) is 16.2 Å². The van der Waals surface area contributed by atoms with Gasteiger partial charge in [-0.1, -0.05) is 29.3 Å². The van der Waals surface area contributed by atoms with Crippen LogP contribution in [0.2, 0.25) is 10.0 Å². The van der Waals surface area contributed by atoms with Gasteiger partial charge in [0.15, 0.2) is 0 Å². The first-order chi connectivity index (χ1) is 10.1. The van der Waals surface area contributed by atoms with Gasteiger partial charge in [-0.15, -0.1) is 0 Å². The van der Waals surface area contributed by atoms with Crippen molar-refractivity contribution in [2.24, 2.45) is 0 Å². The first-order valence-electron chi connectivity index (χ1n) is 6.36. The van der Waals surface area contributed by atoms with Gasteiger partial charge in [0.2, 0.25) is 0 Å². The van der Waals surface area contributed by atoms with Crippen LogP contribution in [0.1, 0.15) is 5.56 Å². The molecular formula is C16H11Cl2FN2. The summed E-state index contributed by atoms with van der Waals surface area (Å²) >= 11 is 12.2. The molecule has 106 valence electrons. The van der Waals surface area contributed by atoms with Crippen LogP contribution in [0.4, 0.5) is 10.1 Å². The Morgan fingerprint density at radius 3 is 2.71 bits per heavy atom. The second-order valence-electron chi connectivity index (χ2n) is 4.58. The zero-order valence-electron chi connectivity index (χ0n) is 10.9. The number of nitrogens with zero attached hydrogens (tertiary/aromatic N) is 1. The van der Waals surface area contributed by atoms with Crippen LogP contribution in [-0.4, -0.2) is 4.98 Å². The van der Waals surface area contributed by atoms with E-state index in [-0.39, 0.29) is 5.82 Å². The molecule has 0 radical (unpaired) electrons. The molecule has 0 aliphatic heterocycles. The standard InChI is InChI=1S/C16H11Cl2FN2/c17-13-5-3-10(16-12(13)2-1-7-20-16)9-21-15-6-4-11(19)8-14(15)18/h1-8,21H,9H2. The van der Waals surface area contributed by atoms with Gasteiger partial charge in [0.25, 0.3) is 0 Å². The molecule has 21 heavy (non-hydrogen) atoms. The number of anilines is 1. The van der Waals surface area contributed by atoms with Crippen LogP contribution < -0.4 is 5.32 Å². The van der Waals surface area contributed by atoms with Crippen LogP contribution in [0.3, 0.4) is 0 Å². The molecule has 0 fully saturated rings. The summed E-state index contributed by atoms with van der Waals surface area (Å²) in [7, 11) is 0. The predicted octanol–water partition coefficient (Wildman–Crippen LogP) is 5.29. The number of aromatic nitrogens is 1. The van der Waals surface area contributed by atoms with E-state index in [0.29, 0.717) is 22.3 Å². The minimum Gasteiger partial charge on any atom is -0.380 e. The summed E-state index contributed by atoms with van der Waals surface area (Å²) in [6, 6.07) is 11.8. The van der Waals surface area contributed by atoms with E-state index in [9.17, 15) is 4.39 Å². The fourth-order valence-electron chi connectivity index (χ4n) is 2.16. The van der Waals surface area contributed by atoms with Gasteiger partial charge in [-0.05, 0) is 42.0 Å². The zero-order valence-corrected chi connectivity index (χ0v) is 12.4. The van der Waals surface area contributed by atoms with Crippen LogP contribution >= 0.6 is 23.2 Å². The van der Waals surface area contributed by atoms with Crippen molar-refractivity contribution in [3.8, 4) is 0 Å². The maximum atomic E-state index is 13.0. The van der Waals surface area contributed by atoms with Crippen molar-refractivity contribution in [2.45, 2.75) is 6.54 Å². The topological polar surface area (TPSA) is 24.9 Å². The van der Waals surface area contributed by atoms with Crippen molar-refractivity contribution in [1.29, 1.82) is 0 Å². The van der Waals surface area contributed by atoms with Gasteiger partial charge in [0.1, 0.15) is 5.82 Å². The molecule has 0 spiro atoms. The molecule has 1 heterocycles. The molecule has 0 aliphatic rings. The Labute approximate surface area is 131 Å². The molecular weight excluding hydrogens is 310 g/mol. The maximum Gasteiger partial charge on any atom is 0.124 e. The van der Waals surface area contributed by atoms with E-state index in [4.69, 9.17) is 23.2 Å². The Balaban J connectivity index is 1.90. The highest BCUT2D eigenvalue weighted by molar-refractivity contribution is 6.35. The molecule has 2 aromatic carbocycles. The predicted molar refractivity (Wildman–Crippen MR) is 85.5 cm³/mol. The highest BCUT2D eigenvalue weighted by Crippen LogP contribution is 2.27. The number of halogens is 3. The quantitative estimate of drug-likeness (QED) is 0.709. The number of rotatable bonds is 3. The lowest BCUT2D eigenvalue weighted by molar-refractivity contribution is 0.628. The van der Waals surface area contributed by atoms with Crippen LogP contribution in [0.25, 0.3) is 10.9 Å². The van der Waals surface area contributed by atoms with Crippen LogP contribution in [-0.2, 0) is 6.54 Å². The van der Waals surface area contributed by atoms with Gasteiger partial charge in [-0.25, -0.2) is 4.39 Å². The van der Waals surface area contributed by atoms with E-state index in [1.54, 1.807) is 12.3 Å². The maximum absolute atomic E-state index is 13.0. The molecule has 2 nitrogen and oxygen atoms in total. The first kappa shape index (κ1) is 14.1. The van der Waals surface area contributed by atoms with Gasteiger partial charge >= 0.3 is 0 Å². The number of hydrogen-bond donors (Lipinski definition) is 1. The number of benzene rings is 2. The summed E-state index contributed by atoms with van der Waals surface area (Å²) in [6.07, 6.45) is 1.73. The molecule has 0 amide bonds. The largest absolute Gasteiger partial charge is 0.380 e. The zero-order chi connectivity index (χ0) is 14.8. The average Bonchev–Trinajstić information content (AvgIpc) is 2.48. The molecule has 0 atom stereocenters. The second-order valence-corrected chi connectivity index (χ2v) is 5.40. The van der Waals surface area contributed by atoms with Crippen molar-refractivity contribution in [1.82, 2.24) is 4.98 Å². The molecule has 0 aliphatic carbocycles. The van der Waals surface area contributed by atoms with Crippen LogP contribution in [0, 0.1) is 5.82 Å². The van der Waals surface area contributed by atoms with Crippen LogP contribution in [0.5, 0.6) is 0 Å². The Hall–Kier alpha value is -1.84. The number of fused-ring (bicyclic) bond motifs is 1. The van der Waals surface area contributed by atoms with E-state index >= 15 is 0 Å². The Bertz CT molecular complexity index is 805. The Morgan fingerprint density at radius 1 is 1.05 bits per heavy atom. The lowest BCUT2D eigenvalue weighted by Crippen LogP contribution is -2.01. The monoisotopic (exact) mass is 320 g/mol. The van der Waals surface area contributed by atoms with Crippen molar-refractivity contribution >= 4 is 39.8 Å². The van der Waals surface area contributed by atoms with Crippen LogP contribution in [0.15, 0.2) is 48.7 Å². The summed E-state index contributed by atoms with van der Waals surface area (Å²) in [5.41, 5.74) is 2.52. The number of nitrogens with one attached hydrogen (secondary N) is 1. The molecule has 3 rings (SSSR count). The van der Waals surface area contributed by atoms with Crippen molar-refractivity contribution in [3.05, 3.63) is 70.1 Å².